The summed E-state index contributed by atoms with van der Waals surface area (Å²) in [5.74, 6) is 0.251. The fraction of sp³-hybridized carbons (Fsp3) is 1.00. The third kappa shape index (κ3) is 2.41. The van der Waals surface area contributed by atoms with Gasteiger partial charge in [0.05, 0.1) is 5.75 Å². The average Bonchev–Trinajstić information content (AvgIpc) is 2.73. The van der Waals surface area contributed by atoms with E-state index in [1.54, 1.807) is 0 Å². The summed E-state index contributed by atoms with van der Waals surface area (Å²) in [6.45, 7) is 3.57. The van der Waals surface area contributed by atoms with Gasteiger partial charge in [-0.1, -0.05) is 13.3 Å². The number of nitrogens with one attached hydrogen (secondary N) is 2. The molecular formula is C11H22N2O2S. The molecule has 0 spiro atoms. The van der Waals surface area contributed by atoms with Crippen LogP contribution < -0.4 is 10.0 Å². The van der Waals surface area contributed by atoms with Crippen molar-refractivity contribution in [2.24, 2.45) is 5.41 Å². The molecule has 1 aliphatic heterocycles. The van der Waals surface area contributed by atoms with Gasteiger partial charge in [-0.25, -0.2) is 13.1 Å². The molecule has 94 valence electrons. The maximum atomic E-state index is 11.6. The van der Waals surface area contributed by atoms with Crippen molar-refractivity contribution in [1.29, 1.82) is 0 Å². The van der Waals surface area contributed by atoms with Gasteiger partial charge >= 0.3 is 0 Å². The fourth-order valence-corrected chi connectivity index (χ4v) is 4.34. The summed E-state index contributed by atoms with van der Waals surface area (Å²) in [5.41, 5.74) is 0.209. The molecule has 1 heterocycles. The van der Waals surface area contributed by atoms with Gasteiger partial charge in [-0.3, -0.25) is 0 Å². The van der Waals surface area contributed by atoms with Crippen molar-refractivity contribution in [3.63, 3.8) is 0 Å². The standard InChI is InChI=1S/C11H22N2O2S/c1-2-8-16(14,15)13-9-11-5-3-4-10(11)12-7-6-11/h10,12-13H,2-9H2,1H3/t10-,11-/m1/s1. The van der Waals surface area contributed by atoms with Crippen LogP contribution in [0.1, 0.15) is 39.0 Å². The van der Waals surface area contributed by atoms with Gasteiger partial charge in [0.1, 0.15) is 0 Å². The highest BCUT2D eigenvalue weighted by molar-refractivity contribution is 7.89. The molecule has 0 radical (unpaired) electrons. The van der Waals surface area contributed by atoms with Crippen molar-refractivity contribution in [1.82, 2.24) is 10.0 Å². The lowest BCUT2D eigenvalue weighted by molar-refractivity contribution is 0.287. The third-order valence-corrected chi connectivity index (χ3v) is 5.57. The number of fused-ring (bicyclic) bond motifs is 1. The molecule has 0 unspecified atom stereocenters. The van der Waals surface area contributed by atoms with Crippen molar-refractivity contribution in [3.8, 4) is 0 Å². The summed E-state index contributed by atoms with van der Waals surface area (Å²) >= 11 is 0. The van der Waals surface area contributed by atoms with Gasteiger partial charge in [0.25, 0.3) is 0 Å². The van der Waals surface area contributed by atoms with Gasteiger partial charge in [-0.2, -0.15) is 0 Å². The second kappa shape index (κ2) is 4.63. The Kier molecular flexibility index (Phi) is 3.56. The van der Waals surface area contributed by atoms with Crippen LogP contribution in [0, 0.1) is 5.41 Å². The Morgan fingerprint density at radius 3 is 3.00 bits per heavy atom. The number of hydrogen-bond acceptors (Lipinski definition) is 3. The average molecular weight is 246 g/mol. The fourth-order valence-electron chi connectivity index (χ4n) is 3.15. The zero-order valence-electron chi connectivity index (χ0n) is 9.96. The van der Waals surface area contributed by atoms with Crippen LogP contribution in [-0.4, -0.2) is 33.3 Å². The minimum Gasteiger partial charge on any atom is -0.313 e. The molecule has 0 aromatic rings. The van der Waals surface area contributed by atoms with E-state index in [0.717, 1.165) is 13.0 Å². The molecule has 2 rings (SSSR count). The van der Waals surface area contributed by atoms with E-state index in [1.807, 2.05) is 6.92 Å². The Hall–Kier alpha value is -0.130. The van der Waals surface area contributed by atoms with Gasteiger partial charge in [0.2, 0.25) is 10.0 Å². The molecule has 0 aromatic heterocycles. The first-order valence-electron chi connectivity index (χ1n) is 6.29. The highest BCUT2D eigenvalue weighted by atomic mass is 32.2. The predicted octanol–water partition coefficient (Wildman–Crippen LogP) is 0.848. The SMILES string of the molecule is CCCS(=O)(=O)NC[C@]12CCC[C@H]1NCC2. The normalized spacial score (nSPS) is 34.2. The summed E-state index contributed by atoms with van der Waals surface area (Å²) < 4.78 is 26.1. The Morgan fingerprint density at radius 1 is 1.44 bits per heavy atom. The lowest BCUT2D eigenvalue weighted by atomic mass is 9.83. The Balaban J connectivity index is 1.94. The van der Waals surface area contributed by atoms with Crippen molar-refractivity contribution in [2.45, 2.75) is 45.1 Å². The van der Waals surface area contributed by atoms with Crippen LogP contribution in [0.5, 0.6) is 0 Å². The molecule has 2 aliphatic rings. The summed E-state index contributed by atoms with van der Waals surface area (Å²) in [4.78, 5) is 0. The Morgan fingerprint density at radius 2 is 2.25 bits per heavy atom. The second-order valence-corrected chi connectivity index (χ2v) is 7.08. The van der Waals surface area contributed by atoms with E-state index in [0.29, 0.717) is 19.0 Å². The van der Waals surface area contributed by atoms with Crippen LogP contribution in [0.15, 0.2) is 0 Å². The number of sulfonamides is 1. The van der Waals surface area contributed by atoms with Crippen molar-refractivity contribution < 1.29 is 8.42 Å². The molecule has 5 heteroatoms. The molecule has 0 bridgehead atoms. The maximum Gasteiger partial charge on any atom is 0.211 e. The molecule has 0 aromatic carbocycles. The summed E-state index contributed by atoms with van der Waals surface area (Å²) in [6.07, 6.45) is 5.40. The molecule has 2 atom stereocenters. The molecule has 1 saturated carbocycles. The molecule has 2 fully saturated rings. The summed E-state index contributed by atoms with van der Waals surface area (Å²) in [6, 6.07) is 0.539. The minimum atomic E-state index is -3.04. The topological polar surface area (TPSA) is 58.2 Å². The van der Waals surface area contributed by atoms with Crippen molar-refractivity contribution in [2.75, 3.05) is 18.8 Å². The monoisotopic (exact) mass is 246 g/mol. The summed E-state index contributed by atoms with van der Waals surface area (Å²) in [7, 11) is -3.04. The molecule has 16 heavy (non-hydrogen) atoms. The van der Waals surface area contributed by atoms with E-state index < -0.39 is 10.0 Å². The van der Waals surface area contributed by atoms with Crippen LogP contribution in [-0.2, 0) is 10.0 Å². The van der Waals surface area contributed by atoms with Gasteiger partial charge in [0, 0.05) is 18.0 Å². The van der Waals surface area contributed by atoms with E-state index >= 15 is 0 Å². The van der Waals surface area contributed by atoms with E-state index in [9.17, 15) is 8.42 Å². The van der Waals surface area contributed by atoms with Gasteiger partial charge in [-0.05, 0) is 32.2 Å². The molecular weight excluding hydrogens is 224 g/mol. The van der Waals surface area contributed by atoms with E-state index in [4.69, 9.17) is 0 Å². The van der Waals surface area contributed by atoms with Gasteiger partial charge < -0.3 is 5.32 Å². The van der Waals surface area contributed by atoms with Crippen LogP contribution >= 0.6 is 0 Å². The van der Waals surface area contributed by atoms with E-state index in [1.165, 1.54) is 19.3 Å². The first-order valence-corrected chi connectivity index (χ1v) is 7.94. The molecule has 2 N–H and O–H groups in total. The second-order valence-electron chi connectivity index (χ2n) is 5.15. The molecule has 4 nitrogen and oxygen atoms in total. The largest absolute Gasteiger partial charge is 0.313 e. The smallest absolute Gasteiger partial charge is 0.211 e. The van der Waals surface area contributed by atoms with Crippen LogP contribution in [0.4, 0.5) is 0 Å². The Labute approximate surface area is 98.2 Å². The maximum absolute atomic E-state index is 11.6. The number of rotatable bonds is 5. The zero-order valence-corrected chi connectivity index (χ0v) is 10.8. The third-order valence-electron chi connectivity index (χ3n) is 4.04. The lowest BCUT2D eigenvalue weighted by Crippen LogP contribution is -2.42. The van der Waals surface area contributed by atoms with E-state index in [2.05, 4.69) is 10.0 Å². The van der Waals surface area contributed by atoms with Crippen LogP contribution in [0.3, 0.4) is 0 Å². The van der Waals surface area contributed by atoms with Gasteiger partial charge in [-0.15, -0.1) is 0 Å². The lowest BCUT2D eigenvalue weighted by Gasteiger charge is -2.28. The first kappa shape index (κ1) is 12.3. The first-order chi connectivity index (χ1) is 7.58. The molecule has 1 saturated heterocycles. The van der Waals surface area contributed by atoms with Crippen molar-refractivity contribution >= 4 is 10.0 Å². The van der Waals surface area contributed by atoms with Gasteiger partial charge in [0.15, 0.2) is 0 Å². The zero-order chi connectivity index (χ0) is 11.6. The molecule has 0 amide bonds. The van der Waals surface area contributed by atoms with Crippen LogP contribution in [0.25, 0.3) is 0 Å². The number of hydrogen-bond donors (Lipinski definition) is 2. The summed E-state index contributed by atoms with van der Waals surface area (Å²) in [5, 5.41) is 3.49. The quantitative estimate of drug-likeness (QED) is 0.756. The van der Waals surface area contributed by atoms with Crippen molar-refractivity contribution in [3.05, 3.63) is 0 Å². The predicted molar refractivity (Wildman–Crippen MR) is 64.8 cm³/mol. The highest BCUT2D eigenvalue weighted by Crippen LogP contribution is 2.43. The molecule has 1 aliphatic carbocycles. The Bertz CT molecular complexity index is 330. The minimum absolute atomic E-state index is 0.209. The van der Waals surface area contributed by atoms with E-state index in [-0.39, 0.29) is 11.2 Å². The van der Waals surface area contributed by atoms with Crippen LogP contribution in [0.2, 0.25) is 0 Å². The highest BCUT2D eigenvalue weighted by Gasteiger charge is 2.46.